The summed E-state index contributed by atoms with van der Waals surface area (Å²) in [5, 5.41) is 2.14. The van der Waals surface area contributed by atoms with E-state index in [1.165, 1.54) is 12.0 Å². The third-order valence-corrected chi connectivity index (χ3v) is 8.02. The number of Topliss-reactive ketones (excluding diaryl/α,β-unsaturated/α-hetero) is 1. The standard InChI is InChI=1S/C28H32N4O2S/c1-20-18-26(35-19-20)25-11-10-24(28(34)32-12-4-3-5-13-32)27(29-25)31-16-14-30(15-17-31)23-8-6-22(7-9-23)21(2)33/h6-11,18-19H,3-5,12-17H2,1-2H3. The highest BCUT2D eigenvalue weighted by Crippen LogP contribution is 2.31. The van der Waals surface area contributed by atoms with E-state index in [4.69, 9.17) is 4.98 Å². The van der Waals surface area contributed by atoms with Crippen LogP contribution in [0.1, 0.15) is 52.5 Å². The molecule has 1 aromatic carbocycles. The number of carbonyl (C=O) groups excluding carboxylic acids is 2. The number of amides is 1. The van der Waals surface area contributed by atoms with E-state index in [-0.39, 0.29) is 11.7 Å². The van der Waals surface area contributed by atoms with Gasteiger partial charge in [0, 0.05) is 50.5 Å². The number of pyridine rings is 1. The summed E-state index contributed by atoms with van der Waals surface area (Å²) in [7, 11) is 0. The zero-order chi connectivity index (χ0) is 24.4. The van der Waals surface area contributed by atoms with Gasteiger partial charge in [0.15, 0.2) is 5.78 Å². The summed E-state index contributed by atoms with van der Waals surface area (Å²) in [6.07, 6.45) is 3.34. The van der Waals surface area contributed by atoms with Crippen LogP contribution in [0.4, 0.5) is 11.5 Å². The number of nitrogens with zero attached hydrogens (tertiary/aromatic N) is 4. The number of hydrogen-bond acceptors (Lipinski definition) is 6. The third-order valence-electron chi connectivity index (χ3n) is 6.95. The molecule has 0 N–H and O–H groups in total. The van der Waals surface area contributed by atoms with Crippen LogP contribution in [0.2, 0.25) is 0 Å². The van der Waals surface area contributed by atoms with Crippen molar-refractivity contribution in [1.29, 1.82) is 0 Å². The number of benzene rings is 1. The molecule has 0 bridgehead atoms. The van der Waals surface area contributed by atoms with E-state index in [9.17, 15) is 9.59 Å². The number of anilines is 2. The number of carbonyl (C=O) groups is 2. The molecule has 2 aromatic heterocycles. The Morgan fingerprint density at radius 3 is 2.17 bits per heavy atom. The van der Waals surface area contributed by atoms with Crippen LogP contribution in [0, 0.1) is 6.92 Å². The second kappa shape index (κ2) is 10.2. The van der Waals surface area contributed by atoms with Gasteiger partial charge in [0.1, 0.15) is 5.82 Å². The van der Waals surface area contributed by atoms with Crippen molar-refractivity contribution < 1.29 is 9.59 Å². The Morgan fingerprint density at radius 2 is 1.54 bits per heavy atom. The summed E-state index contributed by atoms with van der Waals surface area (Å²) in [6.45, 7) is 8.58. The van der Waals surface area contributed by atoms with E-state index >= 15 is 0 Å². The normalized spacial score (nSPS) is 16.5. The Morgan fingerprint density at radius 1 is 0.857 bits per heavy atom. The van der Waals surface area contributed by atoms with Crippen LogP contribution in [0.25, 0.3) is 10.6 Å². The lowest BCUT2D eigenvalue weighted by Crippen LogP contribution is -2.47. The molecule has 4 heterocycles. The molecule has 6 nitrogen and oxygen atoms in total. The van der Waals surface area contributed by atoms with Gasteiger partial charge in [-0.25, -0.2) is 4.98 Å². The quantitative estimate of drug-likeness (QED) is 0.458. The molecule has 0 atom stereocenters. The molecule has 2 fully saturated rings. The molecule has 2 saturated heterocycles. The average Bonchev–Trinajstić information content (AvgIpc) is 3.35. The summed E-state index contributed by atoms with van der Waals surface area (Å²) >= 11 is 1.69. The Bertz CT molecular complexity index is 1210. The van der Waals surface area contributed by atoms with Crippen LogP contribution in [0.15, 0.2) is 47.8 Å². The van der Waals surface area contributed by atoms with Gasteiger partial charge in [-0.05, 0) is 86.5 Å². The molecule has 0 saturated carbocycles. The lowest BCUT2D eigenvalue weighted by Gasteiger charge is -2.38. The molecule has 3 aromatic rings. The van der Waals surface area contributed by atoms with E-state index in [2.05, 4.69) is 28.2 Å². The van der Waals surface area contributed by atoms with E-state index in [1.54, 1.807) is 18.3 Å². The van der Waals surface area contributed by atoms with Crippen LogP contribution in [0.5, 0.6) is 0 Å². The van der Waals surface area contributed by atoms with Crippen molar-refractivity contribution in [3.05, 3.63) is 64.5 Å². The van der Waals surface area contributed by atoms with Gasteiger partial charge >= 0.3 is 0 Å². The van der Waals surface area contributed by atoms with Crippen molar-refractivity contribution in [2.75, 3.05) is 49.1 Å². The zero-order valence-corrected chi connectivity index (χ0v) is 21.3. The van der Waals surface area contributed by atoms with Gasteiger partial charge in [-0.1, -0.05) is 0 Å². The number of rotatable bonds is 5. The molecule has 7 heteroatoms. The molecule has 1 amide bonds. The molecule has 0 spiro atoms. The minimum Gasteiger partial charge on any atom is -0.368 e. The summed E-state index contributed by atoms with van der Waals surface area (Å²) in [6, 6.07) is 14.0. The predicted octanol–water partition coefficient (Wildman–Crippen LogP) is 5.27. The van der Waals surface area contributed by atoms with Crippen LogP contribution in [0.3, 0.4) is 0 Å². The molecule has 35 heavy (non-hydrogen) atoms. The maximum absolute atomic E-state index is 13.5. The summed E-state index contributed by atoms with van der Waals surface area (Å²) in [5.41, 5.74) is 4.72. The monoisotopic (exact) mass is 488 g/mol. The van der Waals surface area contributed by atoms with E-state index in [0.29, 0.717) is 5.56 Å². The third kappa shape index (κ3) is 5.10. The first-order valence-electron chi connectivity index (χ1n) is 12.5. The van der Waals surface area contributed by atoms with Crippen LogP contribution >= 0.6 is 11.3 Å². The van der Waals surface area contributed by atoms with Crippen LogP contribution < -0.4 is 9.80 Å². The number of piperazine rings is 1. The maximum atomic E-state index is 13.5. The van der Waals surface area contributed by atoms with Crippen molar-refractivity contribution >= 4 is 34.5 Å². The first-order chi connectivity index (χ1) is 17.0. The molecule has 0 aliphatic carbocycles. The Labute approximate surface area is 211 Å². The molecule has 0 unspecified atom stereocenters. The van der Waals surface area contributed by atoms with E-state index < -0.39 is 0 Å². The van der Waals surface area contributed by atoms with E-state index in [0.717, 1.165) is 79.7 Å². The smallest absolute Gasteiger partial charge is 0.257 e. The lowest BCUT2D eigenvalue weighted by molar-refractivity contribution is 0.0724. The molecule has 5 rings (SSSR count). The average molecular weight is 489 g/mol. The number of aryl methyl sites for hydroxylation is 1. The molecular formula is C28H32N4O2S. The second-order valence-electron chi connectivity index (χ2n) is 9.49. The molecule has 2 aliphatic rings. The summed E-state index contributed by atoms with van der Waals surface area (Å²) in [4.78, 5) is 37.9. The molecular weight excluding hydrogens is 456 g/mol. The van der Waals surface area contributed by atoms with Gasteiger partial charge in [-0.3, -0.25) is 9.59 Å². The zero-order valence-electron chi connectivity index (χ0n) is 20.5. The van der Waals surface area contributed by atoms with Gasteiger partial charge in [0.25, 0.3) is 5.91 Å². The van der Waals surface area contributed by atoms with E-state index in [1.807, 2.05) is 41.3 Å². The second-order valence-corrected chi connectivity index (χ2v) is 10.4. The maximum Gasteiger partial charge on any atom is 0.257 e. The van der Waals surface area contributed by atoms with Crippen molar-refractivity contribution in [1.82, 2.24) is 9.88 Å². The highest BCUT2D eigenvalue weighted by atomic mass is 32.1. The highest BCUT2D eigenvalue weighted by molar-refractivity contribution is 7.13. The van der Waals surface area contributed by atoms with Crippen molar-refractivity contribution in [3.8, 4) is 10.6 Å². The topological polar surface area (TPSA) is 56.8 Å². The number of hydrogen-bond donors (Lipinski definition) is 0. The summed E-state index contributed by atoms with van der Waals surface area (Å²) in [5.74, 6) is 0.984. The number of thiophene rings is 1. The molecule has 182 valence electrons. The fourth-order valence-electron chi connectivity index (χ4n) is 4.91. The Kier molecular flexibility index (Phi) is 6.86. The highest BCUT2D eigenvalue weighted by Gasteiger charge is 2.27. The Balaban J connectivity index is 1.39. The lowest BCUT2D eigenvalue weighted by atomic mass is 10.1. The number of aromatic nitrogens is 1. The fraction of sp³-hybridized carbons (Fsp3) is 0.393. The fourth-order valence-corrected chi connectivity index (χ4v) is 5.78. The minimum absolute atomic E-state index is 0.0826. The minimum atomic E-state index is 0.0826. The summed E-state index contributed by atoms with van der Waals surface area (Å²) < 4.78 is 0. The van der Waals surface area contributed by atoms with Crippen LogP contribution in [-0.2, 0) is 0 Å². The first kappa shape index (κ1) is 23.5. The van der Waals surface area contributed by atoms with Gasteiger partial charge in [-0.2, -0.15) is 0 Å². The molecule has 0 radical (unpaired) electrons. The SMILES string of the molecule is CC(=O)c1ccc(N2CCN(c3nc(-c4cc(C)cs4)ccc3C(=O)N3CCCCC3)CC2)cc1. The van der Waals surface area contributed by atoms with Crippen molar-refractivity contribution in [3.63, 3.8) is 0 Å². The van der Waals surface area contributed by atoms with Crippen LogP contribution in [-0.4, -0.2) is 60.8 Å². The van der Waals surface area contributed by atoms with Gasteiger partial charge in [-0.15, -0.1) is 11.3 Å². The Hall–Kier alpha value is -3.19. The number of likely N-dealkylation sites (tertiary alicyclic amines) is 1. The largest absolute Gasteiger partial charge is 0.368 e. The van der Waals surface area contributed by atoms with Crippen molar-refractivity contribution in [2.45, 2.75) is 33.1 Å². The van der Waals surface area contributed by atoms with Crippen molar-refractivity contribution in [2.24, 2.45) is 0 Å². The number of piperidine rings is 1. The first-order valence-corrected chi connectivity index (χ1v) is 13.3. The van der Waals surface area contributed by atoms with Gasteiger partial charge in [0.05, 0.1) is 16.1 Å². The predicted molar refractivity (Wildman–Crippen MR) is 143 cm³/mol. The number of ketones is 1. The van der Waals surface area contributed by atoms with Gasteiger partial charge < -0.3 is 14.7 Å². The van der Waals surface area contributed by atoms with Gasteiger partial charge in [0.2, 0.25) is 0 Å². The molecule has 2 aliphatic heterocycles.